The lowest BCUT2D eigenvalue weighted by atomic mass is 10.1. The number of aryl methyl sites for hydroxylation is 1. The van der Waals surface area contributed by atoms with Crippen LogP contribution in [0.1, 0.15) is 28.8 Å². The van der Waals surface area contributed by atoms with Crippen molar-refractivity contribution in [3.63, 3.8) is 0 Å². The van der Waals surface area contributed by atoms with Gasteiger partial charge in [0.15, 0.2) is 0 Å². The summed E-state index contributed by atoms with van der Waals surface area (Å²) in [7, 11) is 0. The molecule has 7 nitrogen and oxygen atoms in total. The van der Waals surface area contributed by atoms with E-state index >= 15 is 0 Å². The molecule has 1 fully saturated rings. The van der Waals surface area contributed by atoms with Gasteiger partial charge in [-0.1, -0.05) is 12.1 Å². The molecule has 1 aliphatic heterocycles. The Morgan fingerprint density at radius 3 is 2.64 bits per heavy atom. The number of hydrogen-bond acceptors (Lipinski definition) is 4. The molecule has 2 amide bonds. The Labute approximate surface area is 144 Å². The Balaban J connectivity index is 1.82. The number of para-hydroxylation sites is 1. The maximum Gasteiger partial charge on any atom is 0.282 e. The van der Waals surface area contributed by atoms with E-state index in [-0.39, 0.29) is 17.2 Å². The molecule has 25 heavy (non-hydrogen) atoms. The van der Waals surface area contributed by atoms with E-state index in [4.69, 9.17) is 0 Å². The van der Waals surface area contributed by atoms with E-state index in [0.717, 1.165) is 17.7 Å². The lowest BCUT2D eigenvalue weighted by Crippen LogP contribution is -2.24. The fourth-order valence-electron chi connectivity index (χ4n) is 2.96. The molecule has 0 bridgehead atoms. The van der Waals surface area contributed by atoms with Gasteiger partial charge in [0.25, 0.3) is 11.6 Å². The van der Waals surface area contributed by atoms with Gasteiger partial charge in [0.1, 0.15) is 5.56 Å². The minimum atomic E-state index is -0.581. The van der Waals surface area contributed by atoms with Crippen molar-refractivity contribution in [3.8, 4) is 0 Å². The summed E-state index contributed by atoms with van der Waals surface area (Å²) in [5.41, 5.74) is 1.97. The van der Waals surface area contributed by atoms with Gasteiger partial charge in [0.05, 0.1) is 4.92 Å². The number of rotatable bonds is 4. The van der Waals surface area contributed by atoms with Crippen molar-refractivity contribution < 1.29 is 14.5 Å². The number of benzene rings is 2. The number of nitrogens with zero attached hydrogens (tertiary/aromatic N) is 2. The van der Waals surface area contributed by atoms with Gasteiger partial charge in [-0.15, -0.1) is 0 Å². The first-order valence-electron chi connectivity index (χ1n) is 7.93. The molecule has 0 radical (unpaired) electrons. The summed E-state index contributed by atoms with van der Waals surface area (Å²) in [5.74, 6) is -0.448. The number of carbonyl (C=O) groups is 2. The van der Waals surface area contributed by atoms with Gasteiger partial charge in [0.2, 0.25) is 5.91 Å². The lowest BCUT2D eigenvalue weighted by molar-refractivity contribution is -0.385. The zero-order chi connectivity index (χ0) is 18.0. The third kappa shape index (κ3) is 3.35. The van der Waals surface area contributed by atoms with Gasteiger partial charge >= 0.3 is 0 Å². The van der Waals surface area contributed by atoms with Gasteiger partial charge < -0.3 is 10.2 Å². The van der Waals surface area contributed by atoms with Crippen LogP contribution in [0.4, 0.5) is 17.1 Å². The molecule has 3 rings (SSSR count). The van der Waals surface area contributed by atoms with Gasteiger partial charge in [-0.25, -0.2) is 0 Å². The molecule has 0 aliphatic carbocycles. The van der Waals surface area contributed by atoms with Crippen LogP contribution in [0.15, 0.2) is 42.5 Å². The average molecular weight is 339 g/mol. The second kappa shape index (κ2) is 6.72. The van der Waals surface area contributed by atoms with Crippen LogP contribution in [0.3, 0.4) is 0 Å². The van der Waals surface area contributed by atoms with Gasteiger partial charge in [-0.05, 0) is 43.2 Å². The third-order valence-corrected chi connectivity index (χ3v) is 4.16. The fraction of sp³-hybridized carbons (Fsp3) is 0.222. The molecule has 2 aromatic rings. The Morgan fingerprint density at radius 1 is 1.24 bits per heavy atom. The molecule has 1 aliphatic rings. The molecule has 0 spiro atoms. The predicted octanol–water partition coefficient (Wildman–Crippen LogP) is 3.28. The van der Waals surface area contributed by atoms with E-state index in [9.17, 15) is 19.7 Å². The van der Waals surface area contributed by atoms with Crippen molar-refractivity contribution in [1.82, 2.24) is 0 Å². The van der Waals surface area contributed by atoms with Crippen molar-refractivity contribution in [2.75, 3.05) is 16.8 Å². The van der Waals surface area contributed by atoms with Crippen LogP contribution in [0.5, 0.6) is 0 Å². The molecular formula is C18H17N3O4. The topological polar surface area (TPSA) is 92.5 Å². The number of anilines is 2. The zero-order valence-electron chi connectivity index (χ0n) is 13.7. The quantitative estimate of drug-likeness (QED) is 0.683. The summed E-state index contributed by atoms with van der Waals surface area (Å²) in [6.07, 6.45) is 1.39. The second-order valence-electron chi connectivity index (χ2n) is 5.88. The fourth-order valence-corrected chi connectivity index (χ4v) is 2.96. The monoisotopic (exact) mass is 339 g/mol. The Morgan fingerprint density at radius 2 is 2.00 bits per heavy atom. The third-order valence-electron chi connectivity index (χ3n) is 4.16. The maximum absolute atomic E-state index is 12.4. The minimum absolute atomic E-state index is 0.00366. The van der Waals surface area contributed by atoms with Gasteiger partial charge in [-0.2, -0.15) is 0 Å². The predicted molar refractivity (Wildman–Crippen MR) is 93.8 cm³/mol. The van der Waals surface area contributed by atoms with Crippen molar-refractivity contribution >= 4 is 28.9 Å². The summed E-state index contributed by atoms with van der Waals surface area (Å²) >= 11 is 0. The second-order valence-corrected chi connectivity index (χ2v) is 5.88. The molecule has 0 unspecified atom stereocenters. The zero-order valence-corrected chi connectivity index (χ0v) is 13.7. The van der Waals surface area contributed by atoms with Crippen molar-refractivity contribution in [2.24, 2.45) is 0 Å². The van der Waals surface area contributed by atoms with E-state index in [0.29, 0.717) is 18.7 Å². The summed E-state index contributed by atoms with van der Waals surface area (Å²) < 4.78 is 0. The first-order valence-corrected chi connectivity index (χ1v) is 7.93. The van der Waals surface area contributed by atoms with Crippen molar-refractivity contribution in [2.45, 2.75) is 19.8 Å². The first kappa shape index (κ1) is 16.6. The van der Waals surface area contributed by atoms with Crippen LogP contribution in [-0.4, -0.2) is 23.3 Å². The average Bonchev–Trinajstić information content (AvgIpc) is 3.01. The lowest BCUT2D eigenvalue weighted by Gasteiger charge is -2.19. The Kier molecular flexibility index (Phi) is 4.47. The molecule has 0 atom stereocenters. The van der Waals surface area contributed by atoms with E-state index in [1.165, 1.54) is 18.2 Å². The van der Waals surface area contributed by atoms with Gasteiger partial charge in [-0.3, -0.25) is 19.7 Å². The standard InChI is InChI=1S/C18H17N3O4/c1-12-11-13(8-9-15(12)20-10-4-7-17(20)22)19-18(23)14-5-2-3-6-16(14)21(24)25/h2-3,5-6,8-9,11H,4,7,10H2,1H3,(H,19,23). The normalized spacial score (nSPS) is 13.8. The van der Waals surface area contributed by atoms with Crippen LogP contribution >= 0.6 is 0 Å². The first-order chi connectivity index (χ1) is 12.0. The molecule has 0 aromatic heterocycles. The molecule has 1 saturated heterocycles. The highest BCUT2D eigenvalue weighted by Gasteiger charge is 2.23. The van der Waals surface area contributed by atoms with Crippen molar-refractivity contribution in [3.05, 3.63) is 63.7 Å². The summed E-state index contributed by atoms with van der Waals surface area (Å²) in [6, 6.07) is 11.0. The van der Waals surface area contributed by atoms with E-state index in [2.05, 4.69) is 5.32 Å². The smallest absolute Gasteiger partial charge is 0.282 e. The highest BCUT2D eigenvalue weighted by atomic mass is 16.6. The summed E-state index contributed by atoms with van der Waals surface area (Å²) in [6.45, 7) is 2.56. The van der Waals surface area contributed by atoms with Crippen LogP contribution < -0.4 is 10.2 Å². The molecular weight excluding hydrogens is 322 g/mol. The number of nitro benzene ring substituents is 1. The van der Waals surface area contributed by atoms with Crippen LogP contribution in [-0.2, 0) is 4.79 Å². The van der Waals surface area contributed by atoms with E-state index in [1.807, 2.05) is 6.92 Å². The molecule has 1 heterocycles. The Hall–Kier alpha value is -3.22. The number of amides is 2. The van der Waals surface area contributed by atoms with Crippen LogP contribution in [0.2, 0.25) is 0 Å². The van der Waals surface area contributed by atoms with Crippen LogP contribution in [0.25, 0.3) is 0 Å². The molecule has 128 valence electrons. The summed E-state index contributed by atoms with van der Waals surface area (Å²) in [5, 5.41) is 13.7. The highest BCUT2D eigenvalue weighted by molar-refractivity contribution is 6.07. The van der Waals surface area contributed by atoms with E-state index < -0.39 is 10.8 Å². The van der Waals surface area contributed by atoms with Crippen LogP contribution in [0, 0.1) is 17.0 Å². The minimum Gasteiger partial charge on any atom is -0.322 e. The SMILES string of the molecule is Cc1cc(NC(=O)c2ccccc2[N+](=O)[O-])ccc1N1CCCC1=O. The number of carbonyl (C=O) groups excluding carboxylic acids is 2. The molecule has 0 saturated carbocycles. The Bertz CT molecular complexity index is 863. The van der Waals surface area contributed by atoms with Crippen molar-refractivity contribution in [1.29, 1.82) is 0 Å². The van der Waals surface area contributed by atoms with Gasteiger partial charge in [0, 0.05) is 30.4 Å². The molecule has 2 aromatic carbocycles. The summed E-state index contributed by atoms with van der Waals surface area (Å²) in [4.78, 5) is 36.4. The van der Waals surface area contributed by atoms with E-state index in [1.54, 1.807) is 29.2 Å². The maximum atomic E-state index is 12.4. The number of nitrogens with one attached hydrogen (secondary N) is 1. The highest BCUT2D eigenvalue weighted by Crippen LogP contribution is 2.28. The number of nitro groups is 1. The molecule has 7 heteroatoms. The number of hydrogen-bond donors (Lipinski definition) is 1. The largest absolute Gasteiger partial charge is 0.322 e. The molecule has 1 N–H and O–H groups in total.